The molecule has 19 heavy (non-hydrogen) atoms. The molecule has 2 aromatic rings. The van der Waals surface area contributed by atoms with Crippen molar-refractivity contribution in [3.05, 3.63) is 59.4 Å². The molecule has 0 amide bonds. The predicted octanol–water partition coefficient (Wildman–Crippen LogP) is 3.15. The first-order valence-corrected chi connectivity index (χ1v) is 6.38. The minimum Gasteiger partial charge on any atom is -0.370 e. The minimum atomic E-state index is 0.465. The Hall–Kier alpha value is -2.34. The average molecular weight is 251 g/mol. The monoisotopic (exact) mass is 251 g/mol. The molecule has 0 aliphatic carbocycles. The van der Waals surface area contributed by atoms with Gasteiger partial charge in [-0.05, 0) is 41.8 Å². The maximum Gasteiger partial charge on any atom is 0.140 e. The Bertz CT molecular complexity index is 582. The van der Waals surface area contributed by atoms with Crippen LogP contribution in [0, 0.1) is 11.3 Å². The zero-order valence-corrected chi connectivity index (χ0v) is 11.3. The molecule has 0 N–H and O–H groups in total. The molecule has 0 bridgehead atoms. The topological polar surface area (TPSA) is 39.9 Å². The van der Waals surface area contributed by atoms with Crippen LogP contribution in [0.3, 0.4) is 0 Å². The van der Waals surface area contributed by atoms with Gasteiger partial charge < -0.3 is 4.90 Å². The number of pyridine rings is 1. The molecule has 0 saturated carbocycles. The van der Waals surface area contributed by atoms with Gasteiger partial charge in [0, 0.05) is 25.5 Å². The van der Waals surface area contributed by atoms with E-state index in [1.54, 1.807) is 6.20 Å². The lowest BCUT2D eigenvalue weighted by Gasteiger charge is -2.19. The van der Waals surface area contributed by atoms with Gasteiger partial charge in [0.15, 0.2) is 0 Å². The second-order valence-corrected chi connectivity index (χ2v) is 4.54. The maximum absolute atomic E-state index is 8.84. The molecule has 3 nitrogen and oxygen atoms in total. The maximum atomic E-state index is 8.84. The van der Waals surface area contributed by atoms with E-state index in [1.165, 1.54) is 11.3 Å². The second kappa shape index (κ2) is 6.01. The zero-order valence-electron chi connectivity index (χ0n) is 11.3. The van der Waals surface area contributed by atoms with E-state index in [2.05, 4.69) is 47.1 Å². The van der Waals surface area contributed by atoms with Gasteiger partial charge in [0.2, 0.25) is 0 Å². The third-order valence-electron chi connectivity index (χ3n) is 3.14. The lowest BCUT2D eigenvalue weighted by molar-refractivity contribution is 0.917. The van der Waals surface area contributed by atoms with Gasteiger partial charge in [0.25, 0.3) is 0 Å². The number of anilines is 1. The molecule has 3 heteroatoms. The molecule has 1 aromatic heterocycles. The van der Waals surface area contributed by atoms with E-state index in [-0.39, 0.29) is 0 Å². The number of benzene rings is 1. The average Bonchev–Trinajstić information content (AvgIpc) is 2.47. The molecule has 1 aromatic carbocycles. The van der Waals surface area contributed by atoms with Gasteiger partial charge >= 0.3 is 0 Å². The summed E-state index contributed by atoms with van der Waals surface area (Å²) in [7, 11) is 2.05. The molecule has 0 aliphatic heterocycles. The summed E-state index contributed by atoms with van der Waals surface area (Å²) in [6, 6.07) is 14.4. The Balaban J connectivity index is 2.11. The molecular formula is C16H17N3. The fraction of sp³-hybridized carbons (Fsp3) is 0.250. The number of nitrogens with zero attached hydrogens (tertiary/aromatic N) is 3. The third kappa shape index (κ3) is 3.32. The molecule has 0 radical (unpaired) electrons. The highest BCUT2D eigenvalue weighted by atomic mass is 15.1. The van der Waals surface area contributed by atoms with Crippen LogP contribution in [0.5, 0.6) is 0 Å². The Kier molecular flexibility index (Phi) is 4.15. The smallest absolute Gasteiger partial charge is 0.140 e. The molecule has 2 rings (SSSR count). The van der Waals surface area contributed by atoms with Crippen LogP contribution in [-0.4, -0.2) is 12.0 Å². The SMILES string of the molecule is CCc1ccc(N(C)Cc2ccnc(C#N)c2)cc1. The normalized spacial score (nSPS) is 9.95. The van der Waals surface area contributed by atoms with Crippen LogP contribution in [-0.2, 0) is 13.0 Å². The van der Waals surface area contributed by atoms with Gasteiger partial charge in [-0.25, -0.2) is 4.98 Å². The minimum absolute atomic E-state index is 0.465. The van der Waals surface area contributed by atoms with Gasteiger partial charge in [-0.2, -0.15) is 5.26 Å². The van der Waals surface area contributed by atoms with Crippen molar-refractivity contribution >= 4 is 5.69 Å². The van der Waals surface area contributed by atoms with Crippen LogP contribution in [0.4, 0.5) is 5.69 Å². The highest BCUT2D eigenvalue weighted by Gasteiger charge is 2.03. The van der Waals surface area contributed by atoms with Crippen molar-refractivity contribution in [1.82, 2.24) is 4.98 Å². The van der Waals surface area contributed by atoms with E-state index >= 15 is 0 Å². The van der Waals surface area contributed by atoms with Gasteiger partial charge in [-0.3, -0.25) is 0 Å². The number of rotatable bonds is 4. The highest BCUT2D eigenvalue weighted by Crippen LogP contribution is 2.16. The van der Waals surface area contributed by atoms with Gasteiger partial charge in [0.05, 0.1) is 0 Å². The van der Waals surface area contributed by atoms with Crippen molar-refractivity contribution in [2.45, 2.75) is 19.9 Å². The first-order chi connectivity index (χ1) is 9.22. The summed E-state index contributed by atoms with van der Waals surface area (Å²) in [5, 5.41) is 8.84. The lowest BCUT2D eigenvalue weighted by Crippen LogP contribution is -2.16. The summed E-state index contributed by atoms with van der Waals surface area (Å²) < 4.78 is 0. The Morgan fingerprint density at radius 3 is 2.53 bits per heavy atom. The summed E-state index contributed by atoms with van der Waals surface area (Å²) in [6.45, 7) is 2.92. The lowest BCUT2D eigenvalue weighted by atomic mass is 10.1. The van der Waals surface area contributed by atoms with E-state index in [1.807, 2.05) is 19.2 Å². The number of hydrogen-bond donors (Lipinski definition) is 0. The number of aromatic nitrogens is 1. The first-order valence-electron chi connectivity index (χ1n) is 6.38. The van der Waals surface area contributed by atoms with Crippen LogP contribution in [0.15, 0.2) is 42.6 Å². The Morgan fingerprint density at radius 2 is 1.89 bits per heavy atom. The van der Waals surface area contributed by atoms with Gasteiger partial charge in [-0.15, -0.1) is 0 Å². The molecule has 0 fully saturated rings. The Labute approximate surface area is 114 Å². The summed E-state index contributed by atoms with van der Waals surface area (Å²) >= 11 is 0. The highest BCUT2D eigenvalue weighted by molar-refractivity contribution is 5.47. The van der Waals surface area contributed by atoms with Crippen LogP contribution >= 0.6 is 0 Å². The van der Waals surface area contributed by atoms with Crippen LogP contribution < -0.4 is 4.90 Å². The van der Waals surface area contributed by atoms with Crippen molar-refractivity contribution in [2.24, 2.45) is 0 Å². The van der Waals surface area contributed by atoms with Crippen LogP contribution in [0.25, 0.3) is 0 Å². The largest absolute Gasteiger partial charge is 0.370 e. The summed E-state index contributed by atoms with van der Waals surface area (Å²) in [4.78, 5) is 6.14. The first kappa shape index (κ1) is 13.1. The van der Waals surface area contributed by atoms with E-state index in [0.717, 1.165) is 18.5 Å². The second-order valence-electron chi connectivity index (χ2n) is 4.54. The van der Waals surface area contributed by atoms with Crippen molar-refractivity contribution in [3.63, 3.8) is 0 Å². The summed E-state index contributed by atoms with van der Waals surface area (Å²) in [5.74, 6) is 0. The third-order valence-corrected chi connectivity index (χ3v) is 3.14. The van der Waals surface area contributed by atoms with Gasteiger partial charge in [-0.1, -0.05) is 19.1 Å². The predicted molar refractivity (Wildman–Crippen MR) is 76.9 cm³/mol. The molecule has 0 aliphatic rings. The number of hydrogen-bond acceptors (Lipinski definition) is 3. The van der Waals surface area contributed by atoms with Crippen molar-refractivity contribution in [1.29, 1.82) is 5.26 Å². The number of aryl methyl sites for hydroxylation is 1. The van der Waals surface area contributed by atoms with Crippen molar-refractivity contribution in [3.8, 4) is 6.07 Å². The zero-order chi connectivity index (χ0) is 13.7. The fourth-order valence-electron chi connectivity index (χ4n) is 1.99. The molecule has 0 spiro atoms. The quantitative estimate of drug-likeness (QED) is 0.838. The molecule has 0 saturated heterocycles. The summed E-state index contributed by atoms with van der Waals surface area (Å²) in [6.07, 6.45) is 2.74. The summed E-state index contributed by atoms with van der Waals surface area (Å²) in [5.41, 5.74) is 4.07. The Morgan fingerprint density at radius 1 is 1.16 bits per heavy atom. The van der Waals surface area contributed by atoms with Crippen molar-refractivity contribution in [2.75, 3.05) is 11.9 Å². The number of nitriles is 1. The molecule has 96 valence electrons. The standard InChI is InChI=1S/C16H17N3/c1-3-13-4-6-16(7-5-13)19(2)12-14-8-9-18-15(10-14)11-17/h4-10H,3,12H2,1-2H3. The molecule has 1 heterocycles. The van der Waals surface area contributed by atoms with E-state index in [9.17, 15) is 0 Å². The van der Waals surface area contributed by atoms with E-state index in [4.69, 9.17) is 5.26 Å². The molecular weight excluding hydrogens is 234 g/mol. The van der Waals surface area contributed by atoms with Crippen LogP contribution in [0.1, 0.15) is 23.7 Å². The van der Waals surface area contributed by atoms with E-state index in [0.29, 0.717) is 5.69 Å². The molecule has 0 atom stereocenters. The molecule has 0 unspecified atom stereocenters. The van der Waals surface area contributed by atoms with Crippen molar-refractivity contribution < 1.29 is 0 Å². The van der Waals surface area contributed by atoms with Crippen LogP contribution in [0.2, 0.25) is 0 Å². The van der Waals surface area contributed by atoms with Gasteiger partial charge in [0.1, 0.15) is 11.8 Å². The fourth-order valence-corrected chi connectivity index (χ4v) is 1.99. The van der Waals surface area contributed by atoms with E-state index < -0.39 is 0 Å².